The first kappa shape index (κ1) is 60.7. The number of quaternary nitrogens is 1. The predicted octanol–water partition coefficient (Wildman–Crippen LogP) is 14.3. The number of allylic oxidation sites excluding steroid dienone is 14. The molecule has 0 bridgehead atoms. The fourth-order valence-corrected chi connectivity index (χ4v) is 7.62. The molecule has 0 aliphatic heterocycles. The van der Waals surface area contributed by atoms with Gasteiger partial charge in [-0.05, 0) is 70.6 Å². The number of phosphoric ester groups is 1. The average molecular weight is 901 g/mol. The molecule has 9 heteroatoms. The first-order chi connectivity index (χ1) is 30.5. The number of unbranched alkanes of at least 4 members (excludes halogenated alkanes) is 18. The molecule has 0 aromatic heterocycles. The number of nitrogens with one attached hydrogen (secondary N) is 1. The molecular weight excluding hydrogens is 804 g/mol. The second kappa shape index (κ2) is 44.9. The molecule has 3 unspecified atom stereocenters. The van der Waals surface area contributed by atoms with Crippen molar-refractivity contribution in [2.24, 2.45) is 0 Å². The van der Waals surface area contributed by atoms with Crippen LogP contribution in [0.1, 0.15) is 200 Å². The molecule has 1 amide bonds. The van der Waals surface area contributed by atoms with E-state index >= 15 is 0 Å². The number of hydrogen-bond acceptors (Lipinski definition) is 6. The standard InChI is InChI=1S/C54H97N2O6P/c1-6-8-10-12-14-16-18-20-21-22-23-24-25-26-27-28-29-30-31-32-33-34-35-36-38-40-42-44-46-48-54(58)55-52(51-62-63(59,60)61-50-49-56(3,4)5)53(57)47-45-43-41-39-37-19-17-15-13-11-9-7-2/h8,10,14,16,20-21,23-24,26-27,29-30,32-33,52-53,57H,6-7,9,11-13,15,17-19,22,25,28,31,34-51H2,1-5H3,(H-,55,58,59,60)/b10-8-,16-14-,21-20-,24-23-,27-26-,30-29-,33-32-. The summed E-state index contributed by atoms with van der Waals surface area (Å²) in [5.74, 6) is -0.181. The molecule has 0 aromatic rings. The highest BCUT2D eigenvalue weighted by atomic mass is 31.2. The second-order valence-corrected chi connectivity index (χ2v) is 19.6. The van der Waals surface area contributed by atoms with Crippen LogP contribution in [-0.2, 0) is 18.4 Å². The minimum absolute atomic E-state index is 0.00545. The molecule has 0 fully saturated rings. The van der Waals surface area contributed by atoms with E-state index in [-0.39, 0.29) is 19.1 Å². The molecule has 2 N–H and O–H groups in total. The number of carbonyl (C=O) groups is 1. The lowest BCUT2D eigenvalue weighted by molar-refractivity contribution is -0.870. The van der Waals surface area contributed by atoms with Gasteiger partial charge < -0.3 is 28.8 Å². The maximum atomic E-state index is 12.9. The minimum atomic E-state index is -4.57. The van der Waals surface area contributed by atoms with Gasteiger partial charge in [0.25, 0.3) is 7.82 Å². The van der Waals surface area contributed by atoms with Crippen LogP contribution in [-0.4, -0.2) is 68.5 Å². The van der Waals surface area contributed by atoms with Gasteiger partial charge in [-0.15, -0.1) is 0 Å². The van der Waals surface area contributed by atoms with Crippen LogP contribution in [0.15, 0.2) is 85.1 Å². The number of likely N-dealkylation sites (N-methyl/N-ethyl adjacent to an activating group) is 1. The fourth-order valence-electron chi connectivity index (χ4n) is 6.90. The third kappa shape index (κ3) is 47.5. The zero-order valence-corrected chi connectivity index (χ0v) is 42.1. The van der Waals surface area contributed by atoms with Crippen molar-refractivity contribution in [2.45, 2.75) is 212 Å². The molecular formula is C54H97N2O6P. The van der Waals surface area contributed by atoms with E-state index in [4.69, 9.17) is 9.05 Å². The highest BCUT2D eigenvalue weighted by molar-refractivity contribution is 7.45. The monoisotopic (exact) mass is 901 g/mol. The summed E-state index contributed by atoms with van der Waals surface area (Å²) < 4.78 is 23.3. The average Bonchev–Trinajstić information content (AvgIpc) is 3.24. The quantitative estimate of drug-likeness (QED) is 0.0273. The zero-order valence-electron chi connectivity index (χ0n) is 41.2. The van der Waals surface area contributed by atoms with E-state index in [0.717, 1.165) is 96.3 Å². The van der Waals surface area contributed by atoms with E-state index in [1.54, 1.807) is 0 Å². The van der Waals surface area contributed by atoms with E-state index in [2.05, 4.69) is 104 Å². The molecule has 8 nitrogen and oxygen atoms in total. The molecule has 0 saturated heterocycles. The zero-order chi connectivity index (χ0) is 46.4. The summed E-state index contributed by atoms with van der Waals surface area (Å²) in [7, 11) is 1.28. The highest BCUT2D eigenvalue weighted by Gasteiger charge is 2.24. The van der Waals surface area contributed by atoms with E-state index in [1.165, 1.54) is 77.0 Å². The predicted molar refractivity (Wildman–Crippen MR) is 270 cm³/mol. The Morgan fingerprint density at radius 2 is 0.968 bits per heavy atom. The van der Waals surface area contributed by atoms with Crippen molar-refractivity contribution in [3.8, 4) is 0 Å². The van der Waals surface area contributed by atoms with Gasteiger partial charge in [0.05, 0.1) is 39.9 Å². The van der Waals surface area contributed by atoms with Crippen LogP contribution in [0.2, 0.25) is 0 Å². The van der Waals surface area contributed by atoms with Crippen LogP contribution in [0, 0.1) is 0 Å². The summed E-state index contributed by atoms with van der Waals surface area (Å²) in [6, 6.07) is -0.811. The van der Waals surface area contributed by atoms with Crippen LogP contribution < -0.4 is 10.2 Å². The Hall–Kier alpha value is -2.32. The van der Waals surface area contributed by atoms with Crippen molar-refractivity contribution in [1.82, 2.24) is 5.32 Å². The first-order valence-electron chi connectivity index (χ1n) is 25.4. The Labute approximate surface area is 388 Å². The van der Waals surface area contributed by atoms with Gasteiger partial charge in [-0.2, -0.15) is 0 Å². The Morgan fingerprint density at radius 1 is 0.571 bits per heavy atom. The largest absolute Gasteiger partial charge is 0.756 e. The summed E-state index contributed by atoms with van der Waals surface area (Å²) in [4.78, 5) is 25.4. The summed E-state index contributed by atoms with van der Waals surface area (Å²) >= 11 is 0. The van der Waals surface area contributed by atoms with Crippen LogP contribution in [0.3, 0.4) is 0 Å². The number of amides is 1. The van der Waals surface area contributed by atoms with Gasteiger partial charge in [0.1, 0.15) is 13.2 Å². The Bertz CT molecular complexity index is 1300. The number of phosphoric acid groups is 1. The number of aliphatic hydroxyl groups is 1. The van der Waals surface area contributed by atoms with Gasteiger partial charge in [0.15, 0.2) is 0 Å². The van der Waals surface area contributed by atoms with Crippen LogP contribution in [0.5, 0.6) is 0 Å². The third-order valence-electron chi connectivity index (χ3n) is 10.9. The molecule has 0 radical (unpaired) electrons. The van der Waals surface area contributed by atoms with Gasteiger partial charge in [-0.3, -0.25) is 9.36 Å². The first-order valence-corrected chi connectivity index (χ1v) is 26.9. The number of hydrogen-bond donors (Lipinski definition) is 2. The molecule has 0 aromatic carbocycles. The molecule has 0 heterocycles. The van der Waals surface area contributed by atoms with Gasteiger partial charge in [0.2, 0.25) is 5.91 Å². The van der Waals surface area contributed by atoms with Crippen molar-refractivity contribution < 1.29 is 32.9 Å². The third-order valence-corrected chi connectivity index (χ3v) is 11.9. The molecule has 0 aliphatic carbocycles. The van der Waals surface area contributed by atoms with Crippen molar-refractivity contribution in [3.05, 3.63) is 85.1 Å². The lowest BCUT2D eigenvalue weighted by Gasteiger charge is -2.30. The number of nitrogens with zero attached hydrogens (tertiary/aromatic N) is 1. The Balaban J connectivity index is 4.22. The van der Waals surface area contributed by atoms with Crippen molar-refractivity contribution >= 4 is 13.7 Å². The van der Waals surface area contributed by atoms with Gasteiger partial charge in [-0.1, -0.05) is 208 Å². The molecule has 0 aliphatic rings. The fraction of sp³-hybridized carbons (Fsp3) is 0.722. The van der Waals surface area contributed by atoms with Crippen molar-refractivity contribution in [1.29, 1.82) is 0 Å². The molecule has 63 heavy (non-hydrogen) atoms. The van der Waals surface area contributed by atoms with Crippen molar-refractivity contribution in [3.63, 3.8) is 0 Å². The lowest BCUT2D eigenvalue weighted by atomic mass is 10.0. The molecule has 3 atom stereocenters. The van der Waals surface area contributed by atoms with Crippen LogP contribution >= 0.6 is 7.82 Å². The number of aliphatic hydroxyl groups excluding tert-OH is 1. The minimum Gasteiger partial charge on any atom is -0.756 e. The smallest absolute Gasteiger partial charge is 0.268 e. The normalized spacial score (nSPS) is 14.8. The van der Waals surface area contributed by atoms with E-state index in [1.807, 2.05) is 21.1 Å². The number of rotatable bonds is 45. The maximum absolute atomic E-state index is 12.9. The Morgan fingerprint density at radius 3 is 1.41 bits per heavy atom. The Kier molecular flexibility index (Phi) is 43.2. The second-order valence-electron chi connectivity index (χ2n) is 18.1. The van der Waals surface area contributed by atoms with Gasteiger partial charge in [-0.25, -0.2) is 0 Å². The van der Waals surface area contributed by atoms with E-state index < -0.39 is 20.0 Å². The molecule has 364 valence electrons. The summed E-state index contributed by atoms with van der Waals surface area (Å²) in [5, 5.41) is 13.9. The topological polar surface area (TPSA) is 108 Å². The van der Waals surface area contributed by atoms with Gasteiger partial charge >= 0.3 is 0 Å². The molecule has 0 saturated carbocycles. The lowest BCUT2D eigenvalue weighted by Crippen LogP contribution is -2.46. The maximum Gasteiger partial charge on any atom is 0.268 e. The highest BCUT2D eigenvalue weighted by Crippen LogP contribution is 2.38. The SMILES string of the molecule is CC/C=C\C/C=C\C/C=C\C/C=C\C/C=C\C/C=C\C/C=C\CCCCCCCCCC(=O)NC(COP(=O)([O-])OCC[N+](C)(C)C)C(O)CCCCCCCCCCCCCC. The van der Waals surface area contributed by atoms with Crippen LogP contribution in [0.25, 0.3) is 0 Å². The summed E-state index contributed by atoms with van der Waals surface area (Å²) in [6.07, 6.45) is 61.7. The van der Waals surface area contributed by atoms with Crippen LogP contribution in [0.4, 0.5) is 0 Å². The molecule has 0 rings (SSSR count). The summed E-state index contributed by atoms with van der Waals surface area (Å²) in [5.41, 5.74) is 0. The molecule has 0 spiro atoms. The number of carbonyl (C=O) groups excluding carboxylic acids is 1. The van der Waals surface area contributed by atoms with Crippen molar-refractivity contribution in [2.75, 3.05) is 40.9 Å². The van der Waals surface area contributed by atoms with Gasteiger partial charge in [0, 0.05) is 6.42 Å². The van der Waals surface area contributed by atoms with E-state index in [9.17, 15) is 19.4 Å². The van der Waals surface area contributed by atoms with E-state index in [0.29, 0.717) is 23.9 Å². The summed E-state index contributed by atoms with van der Waals surface area (Å²) in [6.45, 7) is 4.58.